The van der Waals surface area contributed by atoms with Crippen LogP contribution in [-0.4, -0.2) is 24.4 Å². The predicted molar refractivity (Wildman–Crippen MR) is 90.5 cm³/mol. The van der Waals surface area contributed by atoms with Crippen LogP contribution in [0.25, 0.3) is 5.76 Å². The van der Waals surface area contributed by atoms with Crippen LogP contribution in [0.5, 0.6) is 0 Å². The van der Waals surface area contributed by atoms with Crippen LogP contribution in [0.15, 0.2) is 40.9 Å². The molecule has 0 aliphatic heterocycles. The average Bonchev–Trinajstić information content (AvgIpc) is 2.87. The molecule has 0 unspecified atom stereocenters. The molecule has 0 spiro atoms. The van der Waals surface area contributed by atoms with E-state index in [0.29, 0.717) is 10.0 Å². The number of aliphatic hydroxyl groups is 1. The van der Waals surface area contributed by atoms with Crippen LogP contribution in [0.3, 0.4) is 0 Å². The molecule has 2 rings (SSSR count). The van der Waals surface area contributed by atoms with Gasteiger partial charge in [-0.2, -0.15) is 0 Å². The molecule has 1 heterocycles. The monoisotopic (exact) mass is 373 g/mol. The van der Waals surface area contributed by atoms with Crippen molar-refractivity contribution in [3.05, 3.63) is 56.0 Å². The number of aliphatic imine (C=N–C) groups is 1. The zero-order chi connectivity index (χ0) is 17.0. The number of methoxy groups -OCH3 is 1. The number of hydrogen-bond acceptors (Lipinski definition) is 5. The fourth-order valence-electron chi connectivity index (χ4n) is 1.63. The number of esters is 1. The number of carbonyl (C=O) groups is 1. The molecule has 0 bridgehead atoms. The Morgan fingerprint density at radius 1 is 1.35 bits per heavy atom. The van der Waals surface area contributed by atoms with Crippen LogP contribution in [0.2, 0.25) is 8.67 Å². The fraction of sp³-hybridized carbons (Fsp3) is 0.0667. The lowest BCUT2D eigenvalue weighted by Crippen LogP contribution is -2.08. The van der Waals surface area contributed by atoms with E-state index in [1.807, 2.05) is 0 Å². The summed E-state index contributed by atoms with van der Waals surface area (Å²) in [7, 11) is 1.17. The number of carbonyl (C=O) groups excluding carboxylic acids is 1. The Morgan fingerprint density at radius 2 is 2.00 bits per heavy atom. The van der Waals surface area contributed by atoms with E-state index in [-0.39, 0.29) is 15.5 Å². The number of rotatable bonds is 4. The molecule has 0 atom stereocenters. The SMILES string of the molecule is COC(=O)/C(C=Nc1ccc(F)cc1)=C(/O)c1cc(Cl)sc1Cl. The van der Waals surface area contributed by atoms with Crippen LogP contribution < -0.4 is 0 Å². The van der Waals surface area contributed by atoms with E-state index < -0.39 is 17.5 Å². The maximum Gasteiger partial charge on any atom is 0.343 e. The van der Waals surface area contributed by atoms with E-state index in [4.69, 9.17) is 23.2 Å². The molecule has 0 aliphatic carbocycles. The Kier molecular flexibility index (Phi) is 5.76. The van der Waals surface area contributed by atoms with Crippen molar-refractivity contribution in [3.8, 4) is 0 Å². The summed E-state index contributed by atoms with van der Waals surface area (Å²) in [5.74, 6) is -1.61. The summed E-state index contributed by atoms with van der Waals surface area (Å²) in [5.41, 5.74) is 0.399. The lowest BCUT2D eigenvalue weighted by Gasteiger charge is -2.04. The molecule has 1 aromatic heterocycles. The molecule has 23 heavy (non-hydrogen) atoms. The van der Waals surface area contributed by atoms with E-state index in [0.717, 1.165) is 17.6 Å². The third-order valence-corrected chi connectivity index (χ3v) is 4.23. The van der Waals surface area contributed by atoms with Gasteiger partial charge in [0.15, 0.2) is 0 Å². The van der Waals surface area contributed by atoms with Crippen molar-refractivity contribution in [2.24, 2.45) is 4.99 Å². The van der Waals surface area contributed by atoms with Crippen molar-refractivity contribution < 1.29 is 19.0 Å². The van der Waals surface area contributed by atoms with Crippen molar-refractivity contribution in [2.45, 2.75) is 0 Å². The highest BCUT2D eigenvalue weighted by molar-refractivity contribution is 7.20. The van der Waals surface area contributed by atoms with Gasteiger partial charge in [-0.05, 0) is 30.3 Å². The lowest BCUT2D eigenvalue weighted by atomic mass is 10.1. The van der Waals surface area contributed by atoms with Gasteiger partial charge in [-0.1, -0.05) is 23.2 Å². The number of benzene rings is 1. The van der Waals surface area contributed by atoms with Crippen molar-refractivity contribution in [1.82, 2.24) is 0 Å². The van der Waals surface area contributed by atoms with E-state index in [2.05, 4.69) is 9.73 Å². The Morgan fingerprint density at radius 3 is 2.52 bits per heavy atom. The third-order valence-electron chi connectivity index (χ3n) is 2.74. The molecule has 0 amide bonds. The van der Waals surface area contributed by atoms with Gasteiger partial charge in [0.2, 0.25) is 0 Å². The highest BCUT2D eigenvalue weighted by atomic mass is 35.5. The van der Waals surface area contributed by atoms with Gasteiger partial charge in [-0.3, -0.25) is 4.99 Å². The standard InChI is InChI=1S/C15H10Cl2FNO3S/c1-22-15(21)11(7-19-9-4-2-8(18)3-5-9)13(20)10-6-12(16)23-14(10)17/h2-7,20H,1H3/b13-11+,19-7?. The fourth-order valence-corrected chi connectivity index (χ4v) is 3.10. The first-order valence-electron chi connectivity index (χ1n) is 6.18. The van der Waals surface area contributed by atoms with Crippen LogP contribution in [0, 0.1) is 5.82 Å². The molecule has 8 heteroatoms. The Balaban J connectivity index is 2.44. The summed E-state index contributed by atoms with van der Waals surface area (Å²) in [5, 5.41) is 10.3. The molecule has 1 N–H and O–H groups in total. The molecule has 120 valence electrons. The first-order valence-corrected chi connectivity index (χ1v) is 7.76. The van der Waals surface area contributed by atoms with Crippen molar-refractivity contribution in [3.63, 3.8) is 0 Å². The van der Waals surface area contributed by atoms with Gasteiger partial charge in [0.1, 0.15) is 21.5 Å². The molecule has 1 aromatic carbocycles. The normalized spacial score (nSPS) is 12.3. The summed E-state index contributed by atoms with van der Waals surface area (Å²) >= 11 is 12.8. The number of hydrogen-bond donors (Lipinski definition) is 1. The molecular formula is C15H10Cl2FNO3S. The number of halogens is 3. The largest absolute Gasteiger partial charge is 0.506 e. The maximum absolute atomic E-state index is 12.9. The number of thiophene rings is 1. The topological polar surface area (TPSA) is 58.9 Å². The number of aliphatic hydroxyl groups excluding tert-OH is 1. The van der Waals surface area contributed by atoms with Gasteiger partial charge >= 0.3 is 5.97 Å². The quantitative estimate of drug-likeness (QED) is 0.353. The lowest BCUT2D eigenvalue weighted by molar-refractivity contribution is -0.135. The second-order valence-corrected chi connectivity index (χ2v) is 6.51. The summed E-state index contributed by atoms with van der Waals surface area (Å²) in [4.78, 5) is 15.9. The first kappa shape index (κ1) is 17.5. The molecular weight excluding hydrogens is 364 g/mol. The van der Waals surface area contributed by atoms with E-state index in [9.17, 15) is 14.3 Å². The molecule has 0 aliphatic rings. The van der Waals surface area contributed by atoms with Crippen molar-refractivity contribution >= 4 is 58.2 Å². The Labute approximate surface area is 145 Å². The first-order chi connectivity index (χ1) is 10.9. The van der Waals surface area contributed by atoms with E-state index >= 15 is 0 Å². The zero-order valence-corrected chi connectivity index (χ0v) is 14.0. The molecule has 2 aromatic rings. The molecule has 0 radical (unpaired) electrons. The minimum Gasteiger partial charge on any atom is -0.506 e. The smallest absolute Gasteiger partial charge is 0.343 e. The summed E-state index contributed by atoms with van der Waals surface area (Å²) in [6.07, 6.45) is 1.12. The minimum absolute atomic E-state index is 0.201. The number of nitrogens with zero attached hydrogens (tertiary/aromatic N) is 1. The molecule has 0 fully saturated rings. The van der Waals surface area contributed by atoms with Gasteiger partial charge in [-0.25, -0.2) is 9.18 Å². The highest BCUT2D eigenvalue weighted by Crippen LogP contribution is 2.35. The van der Waals surface area contributed by atoms with E-state index in [1.54, 1.807) is 0 Å². The van der Waals surface area contributed by atoms with Crippen LogP contribution >= 0.6 is 34.5 Å². The Hall–Kier alpha value is -1.89. The highest BCUT2D eigenvalue weighted by Gasteiger charge is 2.19. The summed E-state index contributed by atoms with van der Waals surface area (Å²) < 4.78 is 18.1. The van der Waals surface area contributed by atoms with Gasteiger partial charge < -0.3 is 9.84 Å². The average molecular weight is 374 g/mol. The third kappa shape index (κ3) is 4.31. The Bertz CT molecular complexity index is 785. The maximum atomic E-state index is 12.9. The second kappa shape index (κ2) is 7.59. The number of ether oxygens (including phenoxy) is 1. The second-order valence-electron chi connectivity index (χ2n) is 4.23. The van der Waals surface area contributed by atoms with Gasteiger partial charge in [0.25, 0.3) is 0 Å². The predicted octanol–water partition coefficient (Wildman–Crippen LogP) is 5.04. The molecule has 4 nitrogen and oxygen atoms in total. The van der Waals surface area contributed by atoms with Crippen molar-refractivity contribution in [2.75, 3.05) is 7.11 Å². The van der Waals surface area contributed by atoms with Crippen molar-refractivity contribution in [1.29, 1.82) is 0 Å². The summed E-state index contributed by atoms with van der Waals surface area (Å²) in [6, 6.07) is 6.73. The zero-order valence-electron chi connectivity index (χ0n) is 11.7. The van der Waals surface area contributed by atoms with Crippen LogP contribution in [0.1, 0.15) is 5.56 Å². The molecule has 0 saturated heterocycles. The van der Waals surface area contributed by atoms with Gasteiger partial charge in [0, 0.05) is 11.8 Å². The molecule has 0 saturated carbocycles. The van der Waals surface area contributed by atoms with E-state index in [1.165, 1.54) is 37.4 Å². The van der Waals surface area contributed by atoms with Gasteiger partial charge in [0.05, 0.1) is 17.1 Å². The van der Waals surface area contributed by atoms with Crippen LogP contribution in [-0.2, 0) is 9.53 Å². The minimum atomic E-state index is -0.799. The van der Waals surface area contributed by atoms with Gasteiger partial charge in [-0.15, -0.1) is 11.3 Å². The summed E-state index contributed by atoms with van der Waals surface area (Å²) in [6.45, 7) is 0. The van der Waals surface area contributed by atoms with Crippen LogP contribution in [0.4, 0.5) is 10.1 Å².